The molecule has 0 aliphatic heterocycles. The van der Waals surface area contributed by atoms with Crippen LogP contribution in [0.1, 0.15) is 45.1 Å². The summed E-state index contributed by atoms with van der Waals surface area (Å²) in [6, 6.07) is 5.36. The quantitative estimate of drug-likeness (QED) is 0.392. The monoisotopic (exact) mass is 400 g/mol. The average molecular weight is 400 g/mol. The summed E-state index contributed by atoms with van der Waals surface area (Å²) in [4.78, 5) is 33.4. The highest BCUT2D eigenvalue weighted by atomic mass is 16.7. The van der Waals surface area contributed by atoms with Gasteiger partial charge in [0, 0.05) is 11.1 Å². The van der Waals surface area contributed by atoms with Gasteiger partial charge in [0.15, 0.2) is 5.78 Å². The summed E-state index contributed by atoms with van der Waals surface area (Å²) in [5.41, 5.74) is 0.823. The predicted octanol–water partition coefficient (Wildman–Crippen LogP) is 5.18. The molecule has 0 atom stereocenters. The second-order valence-electron chi connectivity index (χ2n) is 8.01. The van der Waals surface area contributed by atoms with Crippen LogP contribution in [-0.2, 0) is 4.79 Å². The molecule has 0 saturated heterocycles. The zero-order valence-corrected chi connectivity index (χ0v) is 16.2. The van der Waals surface area contributed by atoms with Crippen LogP contribution in [0, 0.1) is 31.6 Å². The fourth-order valence-corrected chi connectivity index (χ4v) is 3.24. The Hall–Kier alpha value is -3.49. The van der Waals surface area contributed by atoms with E-state index in [-0.39, 0.29) is 28.6 Å². The van der Waals surface area contributed by atoms with Gasteiger partial charge in [-0.2, -0.15) is 0 Å². The molecule has 2 aromatic heterocycles. The number of hydrogen-bond donors (Lipinski definition) is 0. The third-order valence-corrected chi connectivity index (χ3v) is 4.96. The van der Waals surface area contributed by atoms with Crippen molar-refractivity contribution < 1.29 is 23.5 Å². The molecular weight excluding hydrogens is 380 g/mol. The Kier molecular flexibility index (Phi) is 5.23. The van der Waals surface area contributed by atoms with Crippen molar-refractivity contribution in [3.05, 3.63) is 67.2 Å². The third-order valence-electron chi connectivity index (χ3n) is 4.96. The van der Waals surface area contributed by atoms with Gasteiger partial charge in [0.2, 0.25) is 0 Å². The van der Waals surface area contributed by atoms with Crippen LogP contribution >= 0.6 is 0 Å². The largest absolute Gasteiger partial charge is 0.433 e. The van der Waals surface area contributed by atoms with E-state index < -0.39 is 21.6 Å². The summed E-state index contributed by atoms with van der Waals surface area (Å²) in [5.74, 6) is -0.460. The van der Waals surface area contributed by atoms with E-state index in [1.165, 1.54) is 36.4 Å². The fourth-order valence-electron chi connectivity index (χ4n) is 3.24. The Labute approximate surface area is 166 Å². The van der Waals surface area contributed by atoms with Gasteiger partial charge in [0.25, 0.3) is 0 Å². The number of Topliss-reactive ketones (excluding diaryl/α,β-unsaturated/α-hetero) is 1. The maximum Gasteiger partial charge on any atom is 0.433 e. The second kappa shape index (κ2) is 7.50. The summed E-state index contributed by atoms with van der Waals surface area (Å²) < 4.78 is 10.3. The van der Waals surface area contributed by atoms with Gasteiger partial charge in [-0.05, 0) is 48.5 Å². The average Bonchev–Trinajstić information content (AvgIpc) is 3.27. The molecule has 1 aliphatic carbocycles. The number of rotatable bonds is 4. The van der Waals surface area contributed by atoms with Crippen LogP contribution in [0.3, 0.4) is 0 Å². The van der Waals surface area contributed by atoms with E-state index in [0.29, 0.717) is 24.0 Å². The summed E-state index contributed by atoms with van der Waals surface area (Å²) in [6.07, 6.45) is 4.02. The number of allylic oxidation sites excluding steroid dienone is 2. The summed E-state index contributed by atoms with van der Waals surface area (Å²) in [5, 5.41) is 21.6. The smallest absolute Gasteiger partial charge is 0.401 e. The highest BCUT2D eigenvalue weighted by molar-refractivity contribution is 6.13. The van der Waals surface area contributed by atoms with Crippen molar-refractivity contribution >= 4 is 29.7 Å². The molecule has 2 heterocycles. The Morgan fingerprint density at radius 2 is 1.31 bits per heavy atom. The first-order valence-electron chi connectivity index (χ1n) is 8.99. The number of hydrogen-bond acceptors (Lipinski definition) is 7. The van der Waals surface area contributed by atoms with Gasteiger partial charge in [0.1, 0.15) is 21.4 Å². The van der Waals surface area contributed by atoms with Crippen LogP contribution in [0.5, 0.6) is 0 Å². The van der Waals surface area contributed by atoms with E-state index in [2.05, 4.69) is 20.8 Å². The molecule has 9 heteroatoms. The summed E-state index contributed by atoms with van der Waals surface area (Å²) in [7, 11) is 0. The molecule has 0 bridgehead atoms. The van der Waals surface area contributed by atoms with Gasteiger partial charge in [-0.3, -0.25) is 25.0 Å². The summed E-state index contributed by atoms with van der Waals surface area (Å²) in [6.45, 7) is 6.20. The topological polar surface area (TPSA) is 130 Å². The minimum absolute atomic E-state index is 0.108. The first-order chi connectivity index (χ1) is 13.5. The van der Waals surface area contributed by atoms with Crippen molar-refractivity contribution in [2.75, 3.05) is 0 Å². The van der Waals surface area contributed by atoms with E-state index in [9.17, 15) is 25.0 Å². The highest BCUT2D eigenvalue weighted by Gasteiger charge is 2.35. The minimum Gasteiger partial charge on any atom is -0.401 e. The molecule has 9 nitrogen and oxygen atoms in total. The van der Waals surface area contributed by atoms with Gasteiger partial charge < -0.3 is 8.83 Å². The number of nitrogens with zero attached hydrogens (tertiary/aromatic N) is 2. The van der Waals surface area contributed by atoms with Crippen LogP contribution in [0.4, 0.5) is 11.8 Å². The highest BCUT2D eigenvalue weighted by Crippen LogP contribution is 2.42. The lowest BCUT2D eigenvalue weighted by molar-refractivity contribution is -0.402. The fraction of sp³-hybridized carbons (Fsp3) is 0.350. The third kappa shape index (κ3) is 4.50. The molecule has 2 aromatic rings. The summed E-state index contributed by atoms with van der Waals surface area (Å²) >= 11 is 0. The zero-order chi connectivity index (χ0) is 21.3. The normalized spacial score (nSPS) is 20.4. The Balaban J connectivity index is 1.98. The molecular formula is C20H20N2O7. The van der Waals surface area contributed by atoms with Crippen LogP contribution in [0.25, 0.3) is 12.2 Å². The van der Waals surface area contributed by atoms with E-state index in [0.717, 1.165) is 0 Å². The Morgan fingerprint density at radius 3 is 1.62 bits per heavy atom. The molecule has 0 aromatic carbocycles. The van der Waals surface area contributed by atoms with Crippen LogP contribution in [0.15, 0.2) is 44.2 Å². The van der Waals surface area contributed by atoms with Gasteiger partial charge in [-0.15, -0.1) is 0 Å². The van der Waals surface area contributed by atoms with Gasteiger partial charge in [0.05, 0.1) is 12.1 Å². The molecule has 1 fully saturated rings. The van der Waals surface area contributed by atoms with Crippen molar-refractivity contribution in [1.82, 2.24) is 0 Å². The predicted molar refractivity (Wildman–Crippen MR) is 104 cm³/mol. The van der Waals surface area contributed by atoms with E-state index >= 15 is 0 Å². The van der Waals surface area contributed by atoms with Crippen molar-refractivity contribution in [1.29, 1.82) is 0 Å². The standard InChI is InChI=1S/C20H20N2O7/c1-20(2,3)14-8-12(10-15-4-6-17(28-15)21(24)25)19(23)13(9-14)11-16-5-7-18(29-16)22(26)27/h4-7,10-11,14H,8-9H2,1-3H3/b12-10+,13-11+. The molecule has 29 heavy (non-hydrogen) atoms. The molecule has 152 valence electrons. The lowest BCUT2D eigenvalue weighted by Gasteiger charge is -2.35. The molecule has 0 amide bonds. The molecule has 0 spiro atoms. The molecule has 3 rings (SSSR count). The molecule has 1 saturated carbocycles. The maximum absolute atomic E-state index is 13.0. The van der Waals surface area contributed by atoms with Gasteiger partial charge in [-0.1, -0.05) is 20.8 Å². The number of carbonyl (C=O) groups excluding carboxylic acids is 1. The van der Waals surface area contributed by atoms with Crippen LogP contribution in [0.2, 0.25) is 0 Å². The SMILES string of the molecule is CC(C)(C)C1C/C(=C\c2ccc([N+](=O)[O-])o2)C(=O)/C(=C/c2ccc([N+](=O)[O-])o2)C1. The van der Waals surface area contributed by atoms with Gasteiger partial charge in [-0.25, -0.2) is 0 Å². The van der Waals surface area contributed by atoms with Crippen molar-refractivity contribution in [2.24, 2.45) is 11.3 Å². The van der Waals surface area contributed by atoms with Crippen molar-refractivity contribution in [3.63, 3.8) is 0 Å². The van der Waals surface area contributed by atoms with Crippen molar-refractivity contribution in [2.45, 2.75) is 33.6 Å². The lowest BCUT2D eigenvalue weighted by Crippen LogP contribution is -2.29. The van der Waals surface area contributed by atoms with Crippen molar-refractivity contribution in [3.8, 4) is 0 Å². The first-order valence-corrected chi connectivity index (χ1v) is 8.99. The van der Waals surface area contributed by atoms with Gasteiger partial charge >= 0.3 is 11.8 Å². The Morgan fingerprint density at radius 1 is 0.897 bits per heavy atom. The number of nitro groups is 2. The number of carbonyl (C=O) groups is 1. The second-order valence-corrected chi connectivity index (χ2v) is 8.01. The van der Waals surface area contributed by atoms with E-state index in [4.69, 9.17) is 8.83 Å². The van der Waals surface area contributed by atoms with Crippen LogP contribution in [-0.4, -0.2) is 15.6 Å². The Bertz CT molecular complexity index is 959. The van der Waals surface area contributed by atoms with Crippen LogP contribution < -0.4 is 0 Å². The molecule has 1 aliphatic rings. The number of furan rings is 2. The minimum atomic E-state index is -0.641. The zero-order valence-electron chi connectivity index (χ0n) is 16.2. The molecule has 0 radical (unpaired) electrons. The maximum atomic E-state index is 13.0. The van der Waals surface area contributed by atoms with E-state index in [1.54, 1.807) is 0 Å². The molecule has 0 unspecified atom stereocenters. The lowest BCUT2D eigenvalue weighted by atomic mass is 9.68. The molecule has 0 N–H and O–H groups in total. The first kappa shape index (κ1) is 20.2. The number of ketones is 1. The van der Waals surface area contributed by atoms with E-state index in [1.807, 2.05) is 0 Å².